The molecule has 0 aliphatic carbocycles. The summed E-state index contributed by atoms with van der Waals surface area (Å²) in [5, 5.41) is 0. The van der Waals surface area contributed by atoms with Gasteiger partial charge in [0.15, 0.2) is 0 Å². The van der Waals surface area contributed by atoms with Crippen LogP contribution in [0.15, 0.2) is 30.3 Å². The zero-order valence-corrected chi connectivity index (χ0v) is 12.8. The normalized spacial score (nSPS) is 13.2. The first-order valence-electron chi connectivity index (χ1n) is 7.74. The zero-order valence-electron chi connectivity index (χ0n) is 12.8. The molecule has 2 nitrogen and oxygen atoms in total. The number of hydrogen-bond acceptors (Lipinski definition) is 2. The van der Waals surface area contributed by atoms with E-state index in [9.17, 15) is 0 Å². The van der Waals surface area contributed by atoms with Gasteiger partial charge in [0.05, 0.1) is 0 Å². The molecule has 0 saturated heterocycles. The lowest BCUT2D eigenvalue weighted by molar-refractivity contribution is 0.226. The maximum Gasteiger partial charge on any atom is 0.0307 e. The average molecular weight is 262 g/mol. The molecular formula is C17H30N2. The molecule has 0 amide bonds. The fourth-order valence-electron chi connectivity index (χ4n) is 2.48. The highest BCUT2D eigenvalue weighted by Crippen LogP contribution is 2.15. The zero-order chi connectivity index (χ0) is 14.1. The minimum atomic E-state index is 0.164. The van der Waals surface area contributed by atoms with Crippen LogP contribution in [-0.4, -0.2) is 24.5 Å². The van der Waals surface area contributed by atoms with Gasteiger partial charge in [-0.05, 0) is 31.0 Å². The average Bonchev–Trinajstić information content (AvgIpc) is 2.48. The second-order valence-electron chi connectivity index (χ2n) is 5.38. The van der Waals surface area contributed by atoms with Crippen molar-refractivity contribution in [3.8, 4) is 0 Å². The first kappa shape index (κ1) is 16.2. The molecule has 2 N–H and O–H groups in total. The molecule has 1 rings (SSSR count). The van der Waals surface area contributed by atoms with Gasteiger partial charge < -0.3 is 10.6 Å². The molecule has 108 valence electrons. The van der Waals surface area contributed by atoms with Gasteiger partial charge in [0.25, 0.3) is 0 Å². The Morgan fingerprint density at radius 2 is 1.68 bits per heavy atom. The monoisotopic (exact) mass is 262 g/mol. The van der Waals surface area contributed by atoms with Crippen molar-refractivity contribution in [2.24, 2.45) is 11.7 Å². The summed E-state index contributed by atoms with van der Waals surface area (Å²) in [7, 11) is 0. The first-order chi connectivity index (χ1) is 9.21. The molecule has 1 unspecified atom stereocenters. The van der Waals surface area contributed by atoms with Crippen molar-refractivity contribution in [3.63, 3.8) is 0 Å². The van der Waals surface area contributed by atoms with Gasteiger partial charge in [0.2, 0.25) is 0 Å². The van der Waals surface area contributed by atoms with Gasteiger partial charge >= 0.3 is 0 Å². The van der Waals surface area contributed by atoms with Gasteiger partial charge in [-0.25, -0.2) is 0 Å². The van der Waals surface area contributed by atoms with E-state index in [0.29, 0.717) is 0 Å². The van der Waals surface area contributed by atoms with Crippen molar-refractivity contribution in [2.75, 3.05) is 19.6 Å². The predicted molar refractivity (Wildman–Crippen MR) is 84.2 cm³/mol. The molecule has 1 aromatic carbocycles. The molecule has 19 heavy (non-hydrogen) atoms. The van der Waals surface area contributed by atoms with Gasteiger partial charge in [-0.15, -0.1) is 0 Å². The van der Waals surface area contributed by atoms with E-state index in [1.807, 2.05) is 6.07 Å². The lowest BCUT2D eigenvalue weighted by atomic mass is 10.0. The van der Waals surface area contributed by atoms with Gasteiger partial charge in [0, 0.05) is 12.6 Å². The van der Waals surface area contributed by atoms with E-state index in [4.69, 9.17) is 5.73 Å². The lowest BCUT2D eigenvalue weighted by Crippen LogP contribution is -2.31. The molecule has 1 aromatic rings. The summed E-state index contributed by atoms with van der Waals surface area (Å²) < 4.78 is 0. The predicted octanol–water partition coefficient (Wildman–Crippen LogP) is 3.83. The van der Waals surface area contributed by atoms with Crippen molar-refractivity contribution in [2.45, 2.75) is 46.1 Å². The van der Waals surface area contributed by atoms with Gasteiger partial charge in [-0.3, -0.25) is 0 Å². The highest BCUT2D eigenvalue weighted by molar-refractivity contribution is 5.18. The van der Waals surface area contributed by atoms with Crippen LogP contribution >= 0.6 is 0 Å². The molecule has 2 heteroatoms. The van der Waals surface area contributed by atoms with Crippen LogP contribution in [0.25, 0.3) is 0 Å². The summed E-state index contributed by atoms with van der Waals surface area (Å²) in [6.07, 6.45) is 3.59. The topological polar surface area (TPSA) is 29.3 Å². The Balaban J connectivity index is 2.40. The summed E-state index contributed by atoms with van der Waals surface area (Å²) >= 11 is 0. The summed E-state index contributed by atoms with van der Waals surface area (Å²) in [4.78, 5) is 2.54. The van der Waals surface area contributed by atoms with Crippen LogP contribution in [0.4, 0.5) is 0 Å². The third-order valence-electron chi connectivity index (χ3n) is 4.10. The number of benzene rings is 1. The Hall–Kier alpha value is -0.860. The summed E-state index contributed by atoms with van der Waals surface area (Å²) in [6, 6.07) is 10.6. The van der Waals surface area contributed by atoms with Crippen LogP contribution in [0.3, 0.4) is 0 Å². The third kappa shape index (κ3) is 5.75. The number of rotatable bonds is 9. The fraction of sp³-hybridized carbons (Fsp3) is 0.647. The van der Waals surface area contributed by atoms with Crippen LogP contribution in [0, 0.1) is 5.92 Å². The molecule has 0 aliphatic rings. The van der Waals surface area contributed by atoms with E-state index in [1.54, 1.807) is 0 Å². The molecule has 0 saturated carbocycles. The number of hydrogen-bond donors (Lipinski definition) is 1. The van der Waals surface area contributed by atoms with E-state index in [0.717, 1.165) is 25.4 Å². The number of nitrogens with zero attached hydrogens (tertiary/aromatic N) is 1. The fourth-order valence-corrected chi connectivity index (χ4v) is 2.48. The summed E-state index contributed by atoms with van der Waals surface area (Å²) in [5.74, 6) is 0.827. The standard InChI is InChI=1S/C17H30N2/c1-4-15(5-2)14-19(6-3)13-12-17(18)16-10-8-7-9-11-16/h7-11,15,17H,4-6,12-14,18H2,1-3H3. The Labute approximate surface area is 119 Å². The van der Waals surface area contributed by atoms with Crippen molar-refractivity contribution < 1.29 is 0 Å². The highest BCUT2D eigenvalue weighted by Gasteiger charge is 2.12. The van der Waals surface area contributed by atoms with E-state index in [1.165, 1.54) is 24.9 Å². The van der Waals surface area contributed by atoms with E-state index in [-0.39, 0.29) is 6.04 Å². The second kappa shape index (κ2) is 9.11. The quantitative estimate of drug-likeness (QED) is 0.733. The van der Waals surface area contributed by atoms with Crippen LogP contribution in [0.1, 0.15) is 51.6 Å². The molecule has 0 aromatic heterocycles. The molecule has 0 fully saturated rings. The molecule has 0 heterocycles. The number of nitrogens with two attached hydrogens (primary N) is 1. The van der Waals surface area contributed by atoms with E-state index >= 15 is 0 Å². The molecule has 0 radical (unpaired) electrons. The van der Waals surface area contributed by atoms with E-state index < -0.39 is 0 Å². The Kier molecular flexibility index (Phi) is 7.76. The van der Waals surface area contributed by atoms with Crippen molar-refractivity contribution in [1.29, 1.82) is 0 Å². The van der Waals surface area contributed by atoms with Crippen molar-refractivity contribution in [3.05, 3.63) is 35.9 Å². The molecule has 1 atom stereocenters. The lowest BCUT2D eigenvalue weighted by Gasteiger charge is -2.26. The largest absolute Gasteiger partial charge is 0.324 e. The Bertz CT molecular complexity index is 319. The smallest absolute Gasteiger partial charge is 0.0307 e. The second-order valence-corrected chi connectivity index (χ2v) is 5.38. The SMILES string of the molecule is CCC(CC)CN(CC)CCC(N)c1ccccc1. The van der Waals surface area contributed by atoms with E-state index in [2.05, 4.69) is 49.9 Å². The first-order valence-corrected chi connectivity index (χ1v) is 7.74. The van der Waals surface area contributed by atoms with Gasteiger partial charge in [0.1, 0.15) is 0 Å². The van der Waals surface area contributed by atoms with Crippen LogP contribution in [-0.2, 0) is 0 Å². The van der Waals surface area contributed by atoms with Crippen LogP contribution in [0.5, 0.6) is 0 Å². The third-order valence-corrected chi connectivity index (χ3v) is 4.10. The minimum absolute atomic E-state index is 0.164. The van der Waals surface area contributed by atoms with Crippen molar-refractivity contribution in [1.82, 2.24) is 4.90 Å². The maximum absolute atomic E-state index is 6.27. The Morgan fingerprint density at radius 1 is 1.05 bits per heavy atom. The molecule has 0 aliphatic heterocycles. The maximum atomic E-state index is 6.27. The highest BCUT2D eigenvalue weighted by atomic mass is 15.1. The molecule has 0 spiro atoms. The van der Waals surface area contributed by atoms with Gasteiger partial charge in [-0.1, -0.05) is 63.9 Å². The summed E-state index contributed by atoms with van der Waals surface area (Å²) in [5.41, 5.74) is 7.52. The molecule has 0 bridgehead atoms. The van der Waals surface area contributed by atoms with Crippen molar-refractivity contribution >= 4 is 0 Å². The van der Waals surface area contributed by atoms with Crippen LogP contribution < -0.4 is 5.73 Å². The molecular weight excluding hydrogens is 232 g/mol. The van der Waals surface area contributed by atoms with Gasteiger partial charge in [-0.2, -0.15) is 0 Å². The minimum Gasteiger partial charge on any atom is -0.324 e. The van der Waals surface area contributed by atoms with Crippen LogP contribution in [0.2, 0.25) is 0 Å². The Morgan fingerprint density at radius 3 is 2.21 bits per heavy atom. The summed E-state index contributed by atoms with van der Waals surface area (Å²) in [6.45, 7) is 10.3.